The third kappa shape index (κ3) is 3.62. The Bertz CT molecular complexity index is 761. The highest BCUT2D eigenvalue weighted by Gasteiger charge is 2.21. The van der Waals surface area contributed by atoms with Crippen LogP contribution in [0.3, 0.4) is 0 Å². The van der Waals surface area contributed by atoms with Crippen LogP contribution in [0.15, 0.2) is 45.9 Å². The Balaban J connectivity index is 2.21. The number of nitrogen functional groups attached to an aromatic ring is 1. The van der Waals surface area contributed by atoms with Crippen molar-refractivity contribution >= 4 is 15.7 Å². The first-order valence-corrected chi connectivity index (χ1v) is 7.75. The van der Waals surface area contributed by atoms with E-state index in [9.17, 15) is 8.42 Å². The second kappa shape index (κ2) is 5.99. The van der Waals surface area contributed by atoms with E-state index >= 15 is 0 Å². The Hall–Kier alpha value is -2.30. The molecule has 2 rings (SSSR count). The van der Waals surface area contributed by atoms with Crippen molar-refractivity contribution in [1.82, 2.24) is 4.72 Å². The van der Waals surface area contributed by atoms with E-state index in [2.05, 4.69) is 4.72 Å². The minimum atomic E-state index is -3.79. The maximum absolute atomic E-state index is 12.3. The van der Waals surface area contributed by atoms with E-state index in [1.807, 2.05) is 6.07 Å². The second-order valence-corrected chi connectivity index (χ2v) is 6.36. The molecule has 1 aromatic heterocycles. The van der Waals surface area contributed by atoms with Crippen LogP contribution in [0.5, 0.6) is 0 Å². The molecule has 6 nitrogen and oxygen atoms in total. The van der Waals surface area contributed by atoms with Crippen molar-refractivity contribution < 1.29 is 12.8 Å². The number of nitriles is 1. The highest BCUT2D eigenvalue weighted by molar-refractivity contribution is 7.89. The largest absolute Gasteiger partial charge is 0.469 e. The number of furan rings is 1. The summed E-state index contributed by atoms with van der Waals surface area (Å²) in [5.74, 6) is 0.683. The maximum Gasteiger partial charge on any atom is 0.242 e. The van der Waals surface area contributed by atoms with Gasteiger partial charge in [-0.3, -0.25) is 0 Å². The Labute approximate surface area is 123 Å². The standard InChI is InChI=1S/C14H15N3O3S/c1-10(7-13-3-2-6-20-13)17-21(18,19)14-5-4-12(16)8-11(14)9-15/h2-6,8,10,17H,7,16H2,1H3. The molecule has 0 saturated heterocycles. The lowest BCUT2D eigenvalue weighted by molar-refractivity contribution is 0.479. The fourth-order valence-electron chi connectivity index (χ4n) is 1.97. The molecule has 0 aliphatic rings. The summed E-state index contributed by atoms with van der Waals surface area (Å²) in [6, 6.07) is 9.11. The Morgan fingerprint density at radius 3 is 2.81 bits per heavy atom. The molecule has 0 saturated carbocycles. The molecular formula is C14H15N3O3S. The summed E-state index contributed by atoms with van der Waals surface area (Å²) >= 11 is 0. The normalized spacial score (nSPS) is 12.8. The molecule has 0 amide bonds. The van der Waals surface area contributed by atoms with E-state index in [1.54, 1.807) is 19.1 Å². The lowest BCUT2D eigenvalue weighted by atomic mass is 10.2. The number of benzene rings is 1. The van der Waals surface area contributed by atoms with Gasteiger partial charge in [0.25, 0.3) is 0 Å². The quantitative estimate of drug-likeness (QED) is 0.816. The molecular weight excluding hydrogens is 290 g/mol. The predicted octanol–water partition coefficient (Wildman–Crippen LogP) is 1.64. The van der Waals surface area contributed by atoms with Crippen LogP contribution >= 0.6 is 0 Å². The Kier molecular flexibility index (Phi) is 4.31. The molecule has 7 heteroatoms. The van der Waals surface area contributed by atoms with Gasteiger partial charge in [-0.2, -0.15) is 5.26 Å². The van der Waals surface area contributed by atoms with Gasteiger partial charge in [-0.25, -0.2) is 13.1 Å². The zero-order valence-corrected chi connectivity index (χ0v) is 12.2. The molecule has 1 unspecified atom stereocenters. The topological polar surface area (TPSA) is 109 Å². The molecule has 1 heterocycles. The number of hydrogen-bond acceptors (Lipinski definition) is 5. The fraction of sp³-hybridized carbons (Fsp3) is 0.214. The summed E-state index contributed by atoms with van der Waals surface area (Å²) < 4.78 is 32.4. The molecule has 0 aliphatic heterocycles. The summed E-state index contributed by atoms with van der Waals surface area (Å²) in [7, 11) is -3.79. The van der Waals surface area contributed by atoms with Gasteiger partial charge in [0.15, 0.2) is 0 Å². The van der Waals surface area contributed by atoms with Gasteiger partial charge in [-0.05, 0) is 37.3 Å². The zero-order valence-electron chi connectivity index (χ0n) is 11.4. The summed E-state index contributed by atoms with van der Waals surface area (Å²) in [6.07, 6.45) is 1.95. The van der Waals surface area contributed by atoms with E-state index in [0.717, 1.165) is 0 Å². The third-order valence-corrected chi connectivity index (χ3v) is 4.51. The molecule has 0 bridgehead atoms. The summed E-state index contributed by atoms with van der Waals surface area (Å²) in [5.41, 5.74) is 5.92. The molecule has 110 valence electrons. The van der Waals surface area contributed by atoms with Crippen LogP contribution in [0.1, 0.15) is 18.2 Å². The number of anilines is 1. The van der Waals surface area contributed by atoms with Crippen molar-refractivity contribution in [1.29, 1.82) is 5.26 Å². The third-order valence-electron chi connectivity index (χ3n) is 2.86. The number of sulfonamides is 1. The molecule has 3 N–H and O–H groups in total. The van der Waals surface area contributed by atoms with Crippen LogP contribution in [0, 0.1) is 11.3 Å². The lowest BCUT2D eigenvalue weighted by Crippen LogP contribution is -2.34. The van der Waals surface area contributed by atoms with Crippen molar-refractivity contribution in [3.05, 3.63) is 47.9 Å². The summed E-state index contributed by atoms with van der Waals surface area (Å²) in [5, 5.41) is 9.03. The van der Waals surface area contributed by atoms with Gasteiger partial charge >= 0.3 is 0 Å². The SMILES string of the molecule is CC(Cc1ccco1)NS(=O)(=O)c1ccc(N)cc1C#N. The maximum atomic E-state index is 12.3. The molecule has 1 atom stereocenters. The van der Waals surface area contributed by atoms with Gasteiger partial charge in [0, 0.05) is 18.2 Å². The molecule has 0 fully saturated rings. The number of rotatable bonds is 5. The van der Waals surface area contributed by atoms with E-state index in [1.165, 1.54) is 24.5 Å². The summed E-state index contributed by atoms with van der Waals surface area (Å²) in [6.45, 7) is 1.73. The zero-order chi connectivity index (χ0) is 15.5. The predicted molar refractivity (Wildman–Crippen MR) is 77.8 cm³/mol. The van der Waals surface area contributed by atoms with E-state index in [-0.39, 0.29) is 16.5 Å². The van der Waals surface area contributed by atoms with Crippen LogP contribution < -0.4 is 10.5 Å². The fourth-order valence-corrected chi connectivity index (χ4v) is 3.35. The molecule has 0 radical (unpaired) electrons. The average molecular weight is 305 g/mol. The van der Waals surface area contributed by atoms with Crippen molar-refractivity contribution in [3.63, 3.8) is 0 Å². The first kappa shape index (κ1) is 15.1. The van der Waals surface area contributed by atoms with E-state index in [0.29, 0.717) is 17.9 Å². The monoisotopic (exact) mass is 305 g/mol. The Morgan fingerprint density at radius 1 is 1.43 bits per heavy atom. The van der Waals surface area contributed by atoms with Gasteiger partial charge in [-0.15, -0.1) is 0 Å². The highest BCUT2D eigenvalue weighted by atomic mass is 32.2. The van der Waals surface area contributed by atoms with Crippen molar-refractivity contribution in [2.24, 2.45) is 0 Å². The molecule has 0 aliphatic carbocycles. The Morgan fingerprint density at radius 2 is 2.19 bits per heavy atom. The lowest BCUT2D eigenvalue weighted by Gasteiger charge is -2.14. The van der Waals surface area contributed by atoms with Crippen LogP contribution in [0.2, 0.25) is 0 Å². The summed E-state index contributed by atoms with van der Waals surface area (Å²) in [4.78, 5) is -0.0782. The van der Waals surface area contributed by atoms with E-state index < -0.39 is 10.0 Å². The number of nitrogens with zero attached hydrogens (tertiary/aromatic N) is 1. The second-order valence-electron chi connectivity index (χ2n) is 4.67. The van der Waals surface area contributed by atoms with E-state index in [4.69, 9.17) is 15.4 Å². The van der Waals surface area contributed by atoms with Gasteiger partial charge in [0.1, 0.15) is 11.8 Å². The molecule has 1 aromatic carbocycles. The van der Waals surface area contributed by atoms with Gasteiger partial charge < -0.3 is 10.2 Å². The molecule has 2 aromatic rings. The number of nitrogens with one attached hydrogen (secondary N) is 1. The van der Waals surface area contributed by atoms with Crippen molar-refractivity contribution in [2.45, 2.75) is 24.3 Å². The van der Waals surface area contributed by atoms with Crippen molar-refractivity contribution in [2.75, 3.05) is 5.73 Å². The van der Waals surface area contributed by atoms with Crippen LogP contribution in [0.25, 0.3) is 0 Å². The molecule has 0 spiro atoms. The minimum absolute atomic E-state index is 0.0210. The first-order chi connectivity index (χ1) is 9.92. The average Bonchev–Trinajstić information content (AvgIpc) is 2.90. The highest BCUT2D eigenvalue weighted by Crippen LogP contribution is 2.18. The van der Waals surface area contributed by atoms with Gasteiger partial charge in [-0.1, -0.05) is 0 Å². The van der Waals surface area contributed by atoms with Gasteiger partial charge in [0.05, 0.1) is 16.7 Å². The smallest absolute Gasteiger partial charge is 0.242 e. The van der Waals surface area contributed by atoms with Crippen molar-refractivity contribution in [3.8, 4) is 6.07 Å². The van der Waals surface area contributed by atoms with Gasteiger partial charge in [0.2, 0.25) is 10.0 Å². The minimum Gasteiger partial charge on any atom is -0.469 e. The number of hydrogen-bond donors (Lipinski definition) is 2. The number of nitrogens with two attached hydrogens (primary N) is 1. The van der Waals surface area contributed by atoms with Crippen LogP contribution in [-0.2, 0) is 16.4 Å². The first-order valence-electron chi connectivity index (χ1n) is 6.26. The van der Waals surface area contributed by atoms with Crippen LogP contribution in [-0.4, -0.2) is 14.5 Å². The van der Waals surface area contributed by atoms with Crippen LogP contribution in [0.4, 0.5) is 5.69 Å². The molecule has 21 heavy (non-hydrogen) atoms.